The van der Waals surface area contributed by atoms with Gasteiger partial charge in [0.25, 0.3) is 0 Å². The van der Waals surface area contributed by atoms with Crippen molar-refractivity contribution in [2.24, 2.45) is 0 Å². The standard InChI is InChI=1S/C19H26N6O3/c1-2-23-12-14(19(27)28)16(26)13-11-15(24-7-3-20-4-8-24)18(22-17(13)23)25-9-5-21-6-10-25/h11-12,20-21H,2-10H2,1H3,(H,27,28). The number of hydrogen-bond donors (Lipinski definition) is 3. The molecule has 2 fully saturated rings. The first-order valence-corrected chi connectivity index (χ1v) is 9.83. The second-order valence-electron chi connectivity index (χ2n) is 7.14. The van der Waals surface area contributed by atoms with Crippen molar-refractivity contribution in [3.63, 3.8) is 0 Å². The van der Waals surface area contributed by atoms with Crippen LogP contribution in [0.2, 0.25) is 0 Å². The van der Waals surface area contributed by atoms with Crippen LogP contribution in [0.25, 0.3) is 11.0 Å². The quantitative estimate of drug-likeness (QED) is 0.671. The van der Waals surface area contributed by atoms with Gasteiger partial charge in [0.15, 0.2) is 5.82 Å². The van der Waals surface area contributed by atoms with Gasteiger partial charge in [-0.2, -0.15) is 0 Å². The topological polar surface area (TPSA) is 103 Å². The Balaban J connectivity index is 1.95. The lowest BCUT2D eigenvalue weighted by atomic mass is 10.1. The molecule has 0 amide bonds. The van der Waals surface area contributed by atoms with E-state index in [2.05, 4.69) is 20.4 Å². The molecule has 0 bridgehead atoms. The summed E-state index contributed by atoms with van der Waals surface area (Å²) in [7, 11) is 0. The minimum absolute atomic E-state index is 0.211. The summed E-state index contributed by atoms with van der Waals surface area (Å²) in [5, 5.41) is 16.5. The molecule has 0 atom stereocenters. The molecule has 2 aliphatic heterocycles. The first-order valence-electron chi connectivity index (χ1n) is 9.83. The highest BCUT2D eigenvalue weighted by atomic mass is 16.4. The number of rotatable bonds is 4. The Morgan fingerprint density at radius 3 is 2.29 bits per heavy atom. The minimum Gasteiger partial charge on any atom is -0.477 e. The summed E-state index contributed by atoms with van der Waals surface area (Å²) in [4.78, 5) is 33.8. The van der Waals surface area contributed by atoms with Gasteiger partial charge in [-0.15, -0.1) is 0 Å². The van der Waals surface area contributed by atoms with Crippen LogP contribution >= 0.6 is 0 Å². The first kappa shape index (κ1) is 18.7. The molecular formula is C19H26N6O3. The van der Waals surface area contributed by atoms with Crippen molar-refractivity contribution in [2.75, 3.05) is 62.2 Å². The molecule has 28 heavy (non-hydrogen) atoms. The minimum atomic E-state index is -1.20. The number of aryl methyl sites for hydroxylation is 1. The molecule has 0 unspecified atom stereocenters. The number of pyridine rings is 2. The molecule has 9 nitrogen and oxygen atoms in total. The maximum Gasteiger partial charge on any atom is 0.341 e. The number of hydrogen-bond acceptors (Lipinski definition) is 7. The van der Waals surface area contributed by atoms with Crippen LogP contribution in [-0.2, 0) is 6.54 Å². The van der Waals surface area contributed by atoms with Gasteiger partial charge in [0.05, 0.1) is 11.1 Å². The lowest BCUT2D eigenvalue weighted by Gasteiger charge is -2.35. The predicted molar refractivity (Wildman–Crippen MR) is 109 cm³/mol. The van der Waals surface area contributed by atoms with Crippen molar-refractivity contribution in [1.29, 1.82) is 0 Å². The molecular weight excluding hydrogens is 360 g/mol. The van der Waals surface area contributed by atoms with Crippen molar-refractivity contribution < 1.29 is 9.90 Å². The number of piperazine rings is 2. The van der Waals surface area contributed by atoms with Gasteiger partial charge in [-0.3, -0.25) is 4.79 Å². The molecule has 150 valence electrons. The average molecular weight is 386 g/mol. The molecule has 0 spiro atoms. The third-order valence-corrected chi connectivity index (χ3v) is 5.45. The Labute approximate surface area is 163 Å². The fourth-order valence-electron chi connectivity index (χ4n) is 3.93. The number of nitrogens with one attached hydrogen (secondary N) is 2. The highest BCUT2D eigenvalue weighted by Crippen LogP contribution is 2.31. The lowest BCUT2D eigenvalue weighted by Crippen LogP contribution is -2.47. The number of aromatic carboxylic acids is 1. The van der Waals surface area contributed by atoms with E-state index in [4.69, 9.17) is 4.98 Å². The number of carboxylic acid groups (broad SMARTS) is 1. The molecule has 0 aromatic carbocycles. The van der Waals surface area contributed by atoms with Crippen LogP contribution < -0.4 is 25.9 Å². The van der Waals surface area contributed by atoms with Crippen LogP contribution in [0.1, 0.15) is 17.3 Å². The number of carboxylic acids is 1. The molecule has 2 saturated heterocycles. The highest BCUT2D eigenvalue weighted by Gasteiger charge is 2.24. The number of nitrogens with zero attached hydrogens (tertiary/aromatic N) is 4. The predicted octanol–water partition coefficient (Wildman–Crippen LogP) is -0.0662. The molecule has 4 rings (SSSR count). The van der Waals surface area contributed by atoms with E-state index >= 15 is 0 Å². The second kappa shape index (κ2) is 7.76. The van der Waals surface area contributed by atoms with E-state index < -0.39 is 11.4 Å². The Morgan fingerprint density at radius 1 is 1.11 bits per heavy atom. The third-order valence-electron chi connectivity index (χ3n) is 5.45. The van der Waals surface area contributed by atoms with Gasteiger partial charge >= 0.3 is 5.97 Å². The molecule has 2 aliphatic rings. The Hall–Kier alpha value is -2.65. The van der Waals surface area contributed by atoms with Gasteiger partial charge in [-0.25, -0.2) is 9.78 Å². The van der Waals surface area contributed by atoms with E-state index in [1.165, 1.54) is 6.20 Å². The monoisotopic (exact) mass is 386 g/mol. The molecule has 0 aliphatic carbocycles. The maximum atomic E-state index is 12.9. The summed E-state index contributed by atoms with van der Waals surface area (Å²) < 4.78 is 1.76. The van der Waals surface area contributed by atoms with E-state index in [9.17, 15) is 14.7 Å². The fraction of sp³-hybridized carbons (Fsp3) is 0.526. The molecule has 0 saturated carbocycles. The largest absolute Gasteiger partial charge is 0.477 e. The summed E-state index contributed by atoms with van der Waals surface area (Å²) in [6, 6.07) is 1.85. The molecule has 4 heterocycles. The summed E-state index contributed by atoms with van der Waals surface area (Å²) in [6.07, 6.45) is 1.41. The van der Waals surface area contributed by atoms with E-state index in [1.54, 1.807) is 4.57 Å². The van der Waals surface area contributed by atoms with Gasteiger partial charge in [0.2, 0.25) is 5.43 Å². The zero-order valence-electron chi connectivity index (χ0n) is 16.1. The lowest BCUT2D eigenvalue weighted by molar-refractivity contribution is 0.0695. The molecule has 9 heteroatoms. The van der Waals surface area contributed by atoms with Crippen LogP contribution in [0, 0.1) is 0 Å². The number of anilines is 2. The van der Waals surface area contributed by atoms with Gasteiger partial charge in [-0.05, 0) is 13.0 Å². The Morgan fingerprint density at radius 2 is 1.71 bits per heavy atom. The summed E-state index contributed by atoms with van der Waals surface area (Å²) in [6.45, 7) is 9.32. The summed E-state index contributed by atoms with van der Waals surface area (Å²) >= 11 is 0. The average Bonchev–Trinajstić information content (AvgIpc) is 2.74. The summed E-state index contributed by atoms with van der Waals surface area (Å²) in [5.41, 5.74) is 0.781. The van der Waals surface area contributed by atoms with Crippen LogP contribution in [-0.4, -0.2) is 73.0 Å². The first-order chi connectivity index (χ1) is 13.6. The van der Waals surface area contributed by atoms with Crippen molar-refractivity contribution in [3.05, 3.63) is 28.0 Å². The van der Waals surface area contributed by atoms with Gasteiger partial charge in [-0.1, -0.05) is 0 Å². The van der Waals surface area contributed by atoms with Crippen LogP contribution in [0.4, 0.5) is 11.5 Å². The molecule has 2 aromatic rings. The summed E-state index contributed by atoms with van der Waals surface area (Å²) in [5.74, 6) is -0.329. The van der Waals surface area contributed by atoms with Crippen LogP contribution in [0.15, 0.2) is 17.1 Å². The van der Waals surface area contributed by atoms with Crippen molar-refractivity contribution in [3.8, 4) is 0 Å². The maximum absolute atomic E-state index is 12.9. The van der Waals surface area contributed by atoms with E-state index in [-0.39, 0.29) is 5.56 Å². The Bertz CT molecular complexity index is 945. The smallest absolute Gasteiger partial charge is 0.341 e. The zero-order valence-corrected chi connectivity index (χ0v) is 16.1. The van der Waals surface area contributed by atoms with Crippen molar-refractivity contribution in [2.45, 2.75) is 13.5 Å². The van der Waals surface area contributed by atoms with Crippen LogP contribution in [0.3, 0.4) is 0 Å². The normalized spacial score (nSPS) is 17.9. The molecule has 2 aromatic heterocycles. The number of aromatic nitrogens is 2. The number of fused-ring (bicyclic) bond motifs is 1. The van der Waals surface area contributed by atoms with Crippen LogP contribution in [0.5, 0.6) is 0 Å². The van der Waals surface area contributed by atoms with Crippen molar-refractivity contribution >= 4 is 28.5 Å². The number of carbonyl (C=O) groups is 1. The Kier molecular flexibility index (Phi) is 5.19. The molecule has 0 radical (unpaired) electrons. The zero-order chi connectivity index (χ0) is 19.7. The van der Waals surface area contributed by atoms with E-state index in [0.717, 1.165) is 63.9 Å². The van der Waals surface area contributed by atoms with Crippen molar-refractivity contribution in [1.82, 2.24) is 20.2 Å². The van der Waals surface area contributed by atoms with E-state index in [1.807, 2.05) is 13.0 Å². The second-order valence-corrected chi connectivity index (χ2v) is 7.14. The highest BCUT2D eigenvalue weighted by molar-refractivity contribution is 5.93. The third kappa shape index (κ3) is 3.31. The van der Waals surface area contributed by atoms with Gasteiger partial charge in [0.1, 0.15) is 11.2 Å². The fourth-order valence-corrected chi connectivity index (χ4v) is 3.93. The van der Waals surface area contributed by atoms with Gasteiger partial charge in [0, 0.05) is 65.1 Å². The van der Waals surface area contributed by atoms with Gasteiger partial charge < -0.3 is 30.1 Å². The SMILES string of the molecule is CCn1cc(C(=O)O)c(=O)c2cc(N3CCNCC3)c(N3CCNCC3)nc21. The molecule has 3 N–H and O–H groups in total. The van der Waals surface area contributed by atoms with E-state index in [0.29, 0.717) is 17.6 Å².